The van der Waals surface area contributed by atoms with Gasteiger partial charge in [0.25, 0.3) is 0 Å². The van der Waals surface area contributed by atoms with E-state index in [4.69, 9.17) is 9.51 Å². The molecule has 2 heterocycles. The van der Waals surface area contributed by atoms with Crippen molar-refractivity contribution in [2.24, 2.45) is 0 Å². The van der Waals surface area contributed by atoms with E-state index in [2.05, 4.69) is 52.7 Å². The summed E-state index contributed by atoms with van der Waals surface area (Å²) < 4.78 is 5.42. The lowest BCUT2D eigenvalue weighted by Crippen LogP contribution is -2.04. The molecule has 0 saturated carbocycles. The van der Waals surface area contributed by atoms with E-state index in [0.29, 0.717) is 18.3 Å². The van der Waals surface area contributed by atoms with Crippen molar-refractivity contribution in [1.82, 2.24) is 15.1 Å². The van der Waals surface area contributed by atoms with Crippen molar-refractivity contribution in [3.8, 4) is 11.4 Å². The second-order valence-electron chi connectivity index (χ2n) is 7.03. The van der Waals surface area contributed by atoms with E-state index >= 15 is 0 Å². The highest BCUT2D eigenvalue weighted by Crippen LogP contribution is 2.30. The number of anilines is 1. The van der Waals surface area contributed by atoms with Gasteiger partial charge in [0.2, 0.25) is 11.7 Å². The summed E-state index contributed by atoms with van der Waals surface area (Å²) in [5, 5.41) is 8.69. The number of benzene rings is 2. The van der Waals surface area contributed by atoms with Gasteiger partial charge in [0.05, 0.1) is 11.1 Å². The zero-order chi connectivity index (χ0) is 18.8. The maximum Gasteiger partial charge on any atom is 0.229 e. The van der Waals surface area contributed by atoms with Gasteiger partial charge in [0.15, 0.2) is 0 Å². The van der Waals surface area contributed by atoms with Crippen LogP contribution in [0.4, 0.5) is 5.82 Å². The molecule has 0 saturated heterocycles. The van der Waals surface area contributed by atoms with Crippen molar-refractivity contribution >= 4 is 16.7 Å². The van der Waals surface area contributed by atoms with E-state index in [1.165, 1.54) is 11.1 Å². The number of nitrogens with zero attached hydrogens (tertiary/aromatic N) is 3. The van der Waals surface area contributed by atoms with Crippen LogP contribution in [0.1, 0.15) is 36.8 Å². The van der Waals surface area contributed by atoms with Gasteiger partial charge in [-0.25, -0.2) is 4.98 Å². The molecule has 0 amide bonds. The first-order valence-electron chi connectivity index (χ1n) is 9.13. The van der Waals surface area contributed by atoms with Crippen LogP contribution < -0.4 is 5.32 Å². The molecule has 0 aliphatic heterocycles. The van der Waals surface area contributed by atoms with Crippen LogP contribution >= 0.6 is 0 Å². The van der Waals surface area contributed by atoms with Crippen LogP contribution in [0.5, 0.6) is 0 Å². The molecule has 0 atom stereocenters. The Bertz CT molecular complexity index is 1070. The summed E-state index contributed by atoms with van der Waals surface area (Å²) in [6.45, 7) is 6.82. The lowest BCUT2D eigenvalue weighted by atomic mass is 10.1. The lowest BCUT2D eigenvalue weighted by molar-refractivity contribution is 0.365. The van der Waals surface area contributed by atoms with Gasteiger partial charge >= 0.3 is 0 Å². The van der Waals surface area contributed by atoms with Crippen LogP contribution in [0, 0.1) is 6.92 Å². The van der Waals surface area contributed by atoms with Crippen molar-refractivity contribution in [3.05, 3.63) is 71.6 Å². The minimum atomic E-state index is 0.183. The Morgan fingerprint density at radius 3 is 2.56 bits per heavy atom. The van der Waals surface area contributed by atoms with Gasteiger partial charge in [-0.1, -0.05) is 61.0 Å². The first-order chi connectivity index (χ1) is 13.1. The van der Waals surface area contributed by atoms with Crippen molar-refractivity contribution in [3.63, 3.8) is 0 Å². The Morgan fingerprint density at radius 1 is 1.00 bits per heavy atom. The number of fused-ring (bicyclic) bond motifs is 1. The molecule has 0 bridgehead atoms. The highest BCUT2D eigenvalue weighted by atomic mass is 16.5. The molecule has 5 nitrogen and oxygen atoms in total. The minimum absolute atomic E-state index is 0.183. The molecule has 4 aromatic rings. The molecule has 2 aromatic carbocycles. The Hall–Kier alpha value is -3.21. The third-order valence-electron chi connectivity index (χ3n) is 4.45. The number of hydrogen-bond acceptors (Lipinski definition) is 5. The average Bonchev–Trinajstić information content (AvgIpc) is 3.17. The molecule has 5 heteroatoms. The molecule has 0 unspecified atom stereocenters. The van der Waals surface area contributed by atoms with Gasteiger partial charge in [-0.2, -0.15) is 4.98 Å². The summed E-state index contributed by atoms with van der Waals surface area (Å²) in [4.78, 5) is 9.40. The highest BCUT2D eigenvalue weighted by Gasteiger charge is 2.17. The Balaban J connectivity index is 1.77. The van der Waals surface area contributed by atoms with Crippen LogP contribution in [0.25, 0.3) is 22.3 Å². The predicted octanol–water partition coefficient (Wildman–Crippen LogP) is 5.33. The van der Waals surface area contributed by atoms with E-state index in [-0.39, 0.29) is 5.92 Å². The van der Waals surface area contributed by atoms with Crippen LogP contribution in [0.15, 0.2) is 59.1 Å². The van der Waals surface area contributed by atoms with E-state index in [9.17, 15) is 0 Å². The zero-order valence-corrected chi connectivity index (χ0v) is 15.7. The molecule has 0 spiro atoms. The normalized spacial score (nSPS) is 11.3. The summed E-state index contributed by atoms with van der Waals surface area (Å²) in [7, 11) is 0. The lowest BCUT2D eigenvalue weighted by Gasteiger charge is -2.11. The molecule has 1 N–H and O–H groups in total. The quantitative estimate of drug-likeness (QED) is 0.522. The topological polar surface area (TPSA) is 63.8 Å². The number of aromatic nitrogens is 3. The maximum atomic E-state index is 5.42. The average molecular weight is 358 g/mol. The van der Waals surface area contributed by atoms with Gasteiger partial charge in [0, 0.05) is 17.8 Å². The van der Waals surface area contributed by atoms with E-state index < -0.39 is 0 Å². The molecule has 27 heavy (non-hydrogen) atoms. The highest BCUT2D eigenvalue weighted by molar-refractivity contribution is 5.88. The summed E-state index contributed by atoms with van der Waals surface area (Å²) in [6, 6.07) is 18.6. The number of hydrogen-bond donors (Lipinski definition) is 1. The molecule has 4 rings (SSSR count). The standard InChI is InChI=1S/C22H22N4O/c1-14(2)22-25-21(26-27-22)18-12-17-11-15(3)9-10-19(17)24-20(18)23-13-16-7-5-4-6-8-16/h4-12,14H,13H2,1-3H3,(H,23,24). The Morgan fingerprint density at radius 2 is 1.81 bits per heavy atom. The smallest absolute Gasteiger partial charge is 0.229 e. The van der Waals surface area contributed by atoms with E-state index in [1.54, 1.807) is 0 Å². The number of rotatable bonds is 5. The van der Waals surface area contributed by atoms with Crippen molar-refractivity contribution in [1.29, 1.82) is 0 Å². The second-order valence-corrected chi connectivity index (χ2v) is 7.03. The summed E-state index contributed by atoms with van der Waals surface area (Å²) >= 11 is 0. The molecule has 0 radical (unpaired) electrons. The first kappa shape index (κ1) is 17.2. The molecule has 2 aromatic heterocycles. The van der Waals surface area contributed by atoms with Crippen molar-refractivity contribution < 1.29 is 4.52 Å². The SMILES string of the molecule is Cc1ccc2nc(NCc3ccccc3)c(-c3noc(C(C)C)n3)cc2c1. The van der Waals surface area contributed by atoms with Gasteiger partial charge in [-0.15, -0.1) is 0 Å². The van der Waals surface area contributed by atoms with E-state index in [1.807, 2.05) is 38.1 Å². The fraction of sp³-hybridized carbons (Fsp3) is 0.227. The molecule has 0 fully saturated rings. The number of pyridine rings is 1. The van der Waals surface area contributed by atoms with Gasteiger partial charge in [-0.05, 0) is 30.7 Å². The van der Waals surface area contributed by atoms with E-state index in [0.717, 1.165) is 22.3 Å². The van der Waals surface area contributed by atoms with Gasteiger partial charge < -0.3 is 9.84 Å². The third kappa shape index (κ3) is 3.67. The summed E-state index contributed by atoms with van der Waals surface area (Å²) in [6.07, 6.45) is 0. The summed E-state index contributed by atoms with van der Waals surface area (Å²) in [5.41, 5.74) is 4.16. The van der Waals surface area contributed by atoms with Crippen LogP contribution in [-0.4, -0.2) is 15.1 Å². The predicted molar refractivity (Wildman–Crippen MR) is 108 cm³/mol. The first-order valence-corrected chi connectivity index (χ1v) is 9.13. The molecular weight excluding hydrogens is 336 g/mol. The monoisotopic (exact) mass is 358 g/mol. The zero-order valence-electron chi connectivity index (χ0n) is 15.7. The molecular formula is C22H22N4O. The molecule has 136 valence electrons. The second kappa shape index (κ2) is 7.19. The van der Waals surface area contributed by atoms with Crippen LogP contribution in [0.3, 0.4) is 0 Å². The fourth-order valence-corrected chi connectivity index (χ4v) is 2.96. The third-order valence-corrected chi connectivity index (χ3v) is 4.45. The van der Waals surface area contributed by atoms with Crippen LogP contribution in [0.2, 0.25) is 0 Å². The number of nitrogens with one attached hydrogen (secondary N) is 1. The molecule has 0 aliphatic rings. The Labute approximate surface area is 158 Å². The van der Waals surface area contributed by atoms with Crippen molar-refractivity contribution in [2.75, 3.05) is 5.32 Å². The largest absolute Gasteiger partial charge is 0.365 e. The van der Waals surface area contributed by atoms with Gasteiger partial charge in [-0.3, -0.25) is 0 Å². The van der Waals surface area contributed by atoms with Crippen molar-refractivity contribution in [2.45, 2.75) is 33.2 Å². The Kier molecular flexibility index (Phi) is 4.59. The maximum absolute atomic E-state index is 5.42. The van der Waals surface area contributed by atoms with Gasteiger partial charge in [0.1, 0.15) is 5.82 Å². The fourth-order valence-electron chi connectivity index (χ4n) is 2.96. The summed E-state index contributed by atoms with van der Waals surface area (Å²) in [5.74, 6) is 2.13. The number of aryl methyl sites for hydroxylation is 1. The minimum Gasteiger partial charge on any atom is -0.365 e. The molecule has 0 aliphatic carbocycles. The van der Waals surface area contributed by atoms with Crippen LogP contribution in [-0.2, 0) is 6.54 Å².